The smallest absolute Gasteiger partial charge is 0.261 e. The van der Waals surface area contributed by atoms with E-state index in [0.717, 1.165) is 38.2 Å². The van der Waals surface area contributed by atoms with Gasteiger partial charge >= 0.3 is 0 Å². The van der Waals surface area contributed by atoms with Crippen LogP contribution < -0.4 is 10.9 Å². The predicted molar refractivity (Wildman–Crippen MR) is 101 cm³/mol. The van der Waals surface area contributed by atoms with Gasteiger partial charge in [0.2, 0.25) is 0 Å². The highest BCUT2D eigenvalue weighted by molar-refractivity contribution is 7.09. The molecule has 1 fully saturated rings. The molecule has 0 aromatic carbocycles. The third kappa shape index (κ3) is 4.58. The lowest BCUT2D eigenvalue weighted by Crippen LogP contribution is -2.48. The number of likely N-dealkylation sites (tertiary alicyclic amines) is 1. The van der Waals surface area contributed by atoms with Gasteiger partial charge in [0, 0.05) is 29.7 Å². The minimum atomic E-state index is -0.310. The first-order chi connectivity index (χ1) is 12.0. The molecule has 0 saturated carbocycles. The van der Waals surface area contributed by atoms with Crippen LogP contribution in [-0.4, -0.2) is 34.9 Å². The van der Waals surface area contributed by atoms with E-state index >= 15 is 0 Å². The molecule has 25 heavy (non-hydrogen) atoms. The van der Waals surface area contributed by atoms with Crippen LogP contribution in [0.25, 0.3) is 0 Å². The molecule has 0 radical (unpaired) electrons. The normalized spacial score (nSPS) is 18.4. The van der Waals surface area contributed by atoms with Crippen molar-refractivity contribution in [2.75, 3.05) is 13.1 Å². The number of amides is 1. The lowest BCUT2D eigenvalue weighted by Gasteiger charge is -2.32. The summed E-state index contributed by atoms with van der Waals surface area (Å²) in [6.45, 7) is 6.82. The zero-order valence-corrected chi connectivity index (χ0v) is 15.6. The molecule has 0 bridgehead atoms. The Hall–Kier alpha value is -1.92. The third-order valence-electron chi connectivity index (χ3n) is 4.60. The number of thiophene rings is 1. The van der Waals surface area contributed by atoms with Crippen molar-refractivity contribution >= 4 is 17.2 Å². The van der Waals surface area contributed by atoms with E-state index in [2.05, 4.69) is 32.7 Å². The van der Waals surface area contributed by atoms with E-state index in [9.17, 15) is 9.59 Å². The number of nitrogens with one attached hydrogen (secondary N) is 2. The fraction of sp³-hybridized carbons (Fsp3) is 0.474. The quantitative estimate of drug-likeness (QED) is 0.863. The molecule has 2 aromatic rings. The number of carbonyl (C=O) groups is 1. The number of piperidine rings is 1. The number of pyridine rings is 1. The van der Waals surface area contributed by atoms with Crippen LogP contribution in [0.4, 0.5) is 0 Å². The van der Waals surface area contributed by atoms with Crippen LogP contribution >= 0.6 is 11.3 Å². The van der Waals surface area contributed by atoms with Gasteiger partial charge in [-0.2, -0.15) is 0 Å². The van der Waals surface area contributed by atoms with Gasteiger partial charge < -0.3 is 10.3 Å². The van der Waals surface area contributed by atoms with Crippen LogP contribution in [0.1, 0.15) is 53.5 Å². The van der Waals surface area contributed by atoms with Crippen molar-refractivity contribution in [1.29, 1.82) is 0 Å². The average Bonchev–Trinajstić information content (AvgIpc) is 3.07. The fourth-order valence-corrected chi connectivity index (χ4v) is 3.95. The number of H-pyrrole nitrogens is 1. The van der Waals surface area contributed by atoms with E-state index in [1.54, 1.807) is 17.4 Å². The molecule has 134 valence electrons. The van der Waals surface area contributed by atoms with Crippen molar-refractivity contribution in [2.45, 2.75) is 45.2 Å². The molecule has 0 aliphatic carbocycles. The minimum absolute atomic E-state index is 0.0883. The second-order valence-electron chi connectivity index (χ2n) is 6.94. The maximum Gasteiger partial charge on any atom is 0.261 e. The molecule has 2 N–H and O–H groups in total. The summed E-state index contributed by atoms with van der Waals surface area (Å²) in [7, 11) is 0. The van der Waals surface area contributed by atoms with Crippen LogP contribution in [0, 0.1) is 0 Å². The molecule has 5 nitrogen and oxygen atoms in total. The number of hydrogen-bond acceptors (Lipinski definition) is 4. The summed E-state index contributed by atoms with van der Waals surface area (Å²) >= 11 is 1.76. The van der Waals surface area contributed by atoms with Crippen LogP contribution in [0.15, 0.2) is 34.4 Å². The van der Waals surface area contributed by atoms with Gasteiger partial charge in [-0.15, -0.1) is 11.3 Å². The lowest BCUT2D eigenvalue weighted by atomic mass is 10.0. The second kappa shape index (κ2) is 7.97. The molecule has 1 saturated heterocycles. The standard InChI is InChI=1S/C19H25N3O2S/c1-13(2)17-8-7-16(19(24)21-17)18(23)20-14-5-3-9-22(11-14)12-15-6-4-10-25-15/h4,6-8,10,13-14H,3,5,9,11-12H2,1-2H3,(H,20,23)(H,21,24). The van der Waals surface area contributed by atoms with Crippen molar-refractivity contribution in [3.8, 4) is 0 Å². The molecule has 1 unspecified atom stereocenters. The Labute approximate surface area is 152 Å². The van der Waals surface area contributed by atoms with Crippen molar-refractivity contribution in [3.05, 3.63) is 56.1 Å². The Balaban J connectivity index is 1.61. The maximum absolute atomic E-state index is 12.5. The SMILES string of the molecule is CC(C)c1ccc(C(=O)NC2CCCN(Cc3cccs3)C2)c(=O)[nH]1. The topological polar surface area (TPSA) is 65.2 Å². The van der Waals surface area contributed by atoms with Gasteiger partial charge in [-0.3, -0.25) is 14.5 Å². The Kier molecular flexibility index (Phi) is 5.71. The van der Waals surface area contributed by atoms with Crippen molar-refractivity contribution in [2.24, 2.45) is 0 Å². The van der Waals surface area contributed by atoms with E-state index in [4.69, 9.17) is 0 Å². The maximum atomic E-state index is 12.5. The van der Waals surface area contributed by atoms with Crippen molar-refractivity contribution in [3.63, 3.8) is 0 Å². The zero-order valence-electron chi connectivity index (χ0n) is 14.7. The molecule has 1 amide bonds. The highest BCUT2D eigenvalue weighted by Crippen LogP contribution is 2.17. The first-order valence-corrected chi connectivity index (χ1v) is 9.69. The molecule has 6 heteroatoms. The summed E-state index contributed by atoms with van der Waals surface area (Å²) in [5.41, 5.74) is 0.732. The van der Waals surface area contributed by atoms with Crippen LogP contribution in [-0.2, 0) is 6.54 Å². The largest absolute Gasteiger partial charge is 0.348 e. The van der Waals surface area contributed by atoms with E-state index in [0.29, 0.717) is 0 Å². The fourth-order valence-electron chi connectivity index (χ4n) is 3.21. The summed E-state index contributed by atoms with van der Waals surface area (Å²) in [4.78, 5) is 31.2. The third-order valence-corrected chi connectivity index (χ3v) is 5.46. The number of rotatable bonds is 5. The average molecular weight is 359 g/mol. The van der Waals surface area contributed by atoms with Gasteiger partial charge in [-0.05, 0) is 48.9 Å². The molecule has 2 aromatic heterocycles. The first-order valence-electron chi connectivity index (χ1n) is 8.81. The molecule has 1 aliphatic rings. The van der Waals surface area contributed by atoms with Gasteiger partial charge in [-0.1, -0.05) is 19.9 Å². The van der Waals surface area contributed by atoms with Gasteiger partial charge in [0.25, 0.3) is 11.5 Å². The van der Waals surface area contributed by atoms with Gasteiger partial charge in [0.15, 0.2) is 0 Å². The molecular formula is C19H25N3O2S. The number of aromatic amines is 1. The summed E-state index contributed by atoms with van der Waals surface area (Å²) in [5, 5.41) is 5.13. The Morgan fingerprint density at radius 3 is 2.92 bits per heavy atom. The predicted octanol–water partition coefficient (Wildman–Crippen LogP) is 2.95. The Morgan fingerprint density at radius 2 is 2.24 bits per heavy atom. The van der Waals surface area contributed by atoms with E-state index in [1.165, 1.54) is 4.88 Å². The summed E-state index contributed by atoms with van der Waals surface area (Å²) < 4.78 is 0. The van der Waals surface area contributed by atoms with Crippen molar-refractivity contribution in [1.82, 2.24) is 15.2 Å². The first kappa shape index (κ1) is 17.9. The Bertz CT molecular complexity index is 767. The molecule has 1 aliphatic heterocycles. The van der Waals surface area contributed by atoms with E-state index in [-0.39, 0.29) is 29.0 Å². The number of nitrogens with zero attached hydrogens (tertiary/aromatic N) is 1. The van der Waals surface area contributed by atoms with Crippen LogP contribution in [0.3, 0.4) is 0 Å². The second-order valence-corrected chi connectivity index (χ2v) is 7.97. The highest BCUT2D eigenvalue weighted by Gasteiger charge is 2.23. The summed E-state index contributed by atoms with van der Waals surface area (Å²) in [6, 6.07) is 7.75. The minimum Gasteiger partial charge on any atom is -0.348 e. The molecule has 1 atom stereocenters. The molecule has 3 heterocycles. The van der Waals surface area contributed by atoms with E-state index in [1.807, 2.05) is 19.9 Å². The molecule has 3 rings (SSSR count). The summed E-state index contributed by atoms with van der Waals surface area (Å²) in [6.07, 6.45) is 2.01. The van der Waals surface area contributed by atoms with Gasteiger partial charge in [0.1, 0.15) is 5.56 Å². The zero-order chi connectivity index (χ0) is 17.8. The lowest BCUT2D eigenvalue weighted by molar-refractivity contribution is 0.0899. The molecule has 0 spiro atoms. The van der Waals surface area contributed by atoms with Crippen LogP contribution in [0.2, 0.25) is 0 Å². The van der Waals surface area contributed by atoms with Crippen LogP contribution in [0.5, 0.6) is 0 Å². The highest BCUT2D eigenvalue weighted by atomic mass is 32.1. The number of aromatic nitrogens is 1. The van der Waals surface area contributed by atoms with E-state index < -0.39 is 0 Å². The monoisotopic (exact) mass is 359 g/mol. The number of carbonyl (C=O) groups excluding carboxylic acids is 1. The van der Waals surface area contributed by atoms with Gasteiger partial charge in [0.05, 0.1) is 0 Å². The Morgan fingerprint density at radius 1 is 1.40 bits per heavy atom. The molecular weight excluding hydrogens is 334 g/mol. The van der Waals surface area contributed by atoms with Crippen molar-refractivity contribution < 1.29 is 4.79 Å². The summed E-state index contributed by atoms with van der Waals surface area (Å²) in [5.74, 6) is -0.0477. The number of hydrogen-bond donors (Lipinski definition) is 2. The van der Waals surface area contributed by atoms with Gasteiger partial charge in [-0.25, -0.2) is 0 Å².